The maximum Gasteiger partial charge on any atom is 0.230 e. The van der Waals surface area contributed by atoms with Crippen molar-refractivity contribution in [2.75, 3.05) is 5.32 Å². The number of anilines is 1. The zero-order valence-electron chi connectivity index (χ0n) is 11.0. The molecule has 1 amide bonds. The van der Waals surface area contributed by atoms with Crippen molar-refractivity contribution in [1.29, 1.82) is 0 Å². The first-order valence-corrected chi connectivity index (χ1v) is 7.50. The van der Waals surface area contributed by atoms with Crippen LogP contribution in [-0.4, -0.2) is 26.1 Å². The SMILES string of the molecule is O=C(Cc1cncnc1)Nc1nnc(C2CCCC2)s1. The predicted molar refractivity (Wildman–Crippen MR) is 75.5 cm³/mol. The summed E-state index contributed by atoms with van der Waals surface area (Å²) in [7, 11) is 0. The first kappa shape index (κ1) is 13.1. The third kappa shape index (κ3) is 3.16. The van der Waals surface area contributed by atoms with E-state index in [1.54, 1.807) is 12.4 Å². The summed E-state index contributed by atoms with van der Waals surface area (Å²) in [4.78, 5) is 19.7. The Hall–Kier alpha value is -1.89. The Balaban J connectivity index is 1.59. The number of carbonyl (C=O) groups excluding carboxylic acids is 1. The van der Waals surface area contributed by atoms with Crippen molar-refractivity contribution in [3.63, 3.8) is 0 Å². The Labute approximate surface area is 120 Å². The van der Waals surface area contributed by atoms with Gasteiger partial charge in [-0.15, -0.1) is 10.2 Å². The van der Waals surface area contributed by atoms with Crippen molar-refractivity contribution < 1.29 is 4.79 Å². The van der Waals surface area contributed by atoms with Gasteiger partial charge in [0.15, 0.2) is 0 Å². The fourth-order valence-electron chi connectivity index (χ4n) is 2.39. The molecule has 20 heavy (non-hydrogen) atoms. The Morgan fingerprint density at radius 2 is 2.00 bits per heavy atom. The van der Waals surface area contributed by atoms with Crippen LogP contribution >= 0.6 is 11.3 Å². The summed E-state index contributed by atoms with van der Waals surface area (Å²) >= 11 is 1.48. The van der Waals surface area contributed by atoms with Crippen LogP contribution in [0.5, 0.6) is 0 Å². The third-order valence-corrected chi connectivity index (χ3v) is 4.37. The van der Waals surface area contributed by atoms with Gasteiger partial charge in [-0.05, 0) is 18.4 Å². The van der Waals surface area contributed by atoms with E-state index in [1.165, 1.54) is 43.3 Å². The molecule has 2 heterocycles. The average molecular weight is 289 g/mol. The summed E-state index contributed by atoms with van der Waals surface area (Å²) < 4.78 is 0. The average Bonchev–Trinajstić information content (AvgIpc) is 3.10. The highest BCUT2D eigenvalue weighted by Crippen LogP contribution is 2.36. The molecule has 1 fully saturated rings. The number of hydrogen-bond donors (Lipinski definition) is 1. The molecule has 0 bridgehead atoms. The molecule has 104 valence electrons. The second kappa shape index (κ2) is 6.04. The highest BCUT2D eigenvalue weighted by atomic mass is 32.1. The lowest BCUT2D eigenvalue weighted by atomic mass is 10.1. The summed E-state index contributed by atoms with van der Waals surface area (Å²) in [6, 6.07) is 0. The van der Waals surface area contributed by atoms with Gasteiger partial charge < -0.3 is 5.32 Å². The first-order valence-electron chi connectivity index (χ1n) is 6.68. The van der Waals surface area contributed by atoms with E-state index < -0.39 is 0 Å². The summed E-state index contributed by atoms with van der Waals surface area (Å²) in [5, 5.41) is 12.6. The molecule has 0 atom stereocenters. The molecule has 0 aromatic carbocycles. The Morgan fingerprint density at radius 3 is 2.75 bits per heavy atom. The number of nitrogens with one attached hydrogen (secondary N) is 1. The van der Waals surface area contributed by atoms with Crippen molar-refractivity contribution in [2.24, 2.45) is 0 Å². The quantitative estimate of drug-likeness (QED) is 0.933. The summed E-state index contributed by atoms with van der Waals surface area (Å²) in [5.41, 5.74) is 0.783. The minimum atomic E-state index is -0.117. The van der Waals surface area contributed by atoms with Gasteiger partial charge in [0.2, 0.25) is 11.0 Å². The lowest BCUT2D eigenvalue weighted by molar-refractivity contribution is -0.115. The molecule has 2 aromatic rings. The predicted octanol–water partition coefficient (Wildman–Crippen LogP) is 2.17. The van der Waals surface area contributed by atoms with Crippen molar-refractivity contribution in [1.82, 2.24) is 20.2 Å². The molecular weight excluding hydrogens is 274 g/mol. The van der Waals surface area contributed by atoms with Gasteiger partial charge >= 0.3 is 0 Å². The molecule has 6 nitrogen and oxygen atoms in total. The first-order chi connectivity index (χ1) is 9.81. The highest BCUT2D eigenvalue weighted by molar-refractivity contribution is 7.15. The van der Waals surface area contributed by atoms with Gasteiger partial charge in [0, 0.05) is 18.3 Å². The maximum absolute atomic E-state index is 11.9. The number of aromatic nitrogens is 4. The Bertz CT molecular complexity index is 579. The monoisotopic (exact) mass is 289 g/mol. The number of amides is 1. The second-order valence-corrected chi connectivity index (χ2v) is 5.91. The molecule has 1 N–H and O–H groups in total. The molecule has 7 heteroatoms. The van der Waals surface area contributed by atoms with Gasteiger partial charge in [-0.3, -0.25) is 4.79 Å². The van der Waals surface area contributed by atoms with Crippen LogP contribution in [0.25, 0.3) is 0 Å². The molecule has 0 spiro atoms. The van der Waals surface area contributed by atoms with E-state index in [4.69, 9.17) is 0 Å². The lowest BCUT2D eigenvalue weighted by Gasteiger charge is -2.01. The largest absolute Gasteiger partial charge is 0.300 e. The molecule has 0 radical (unpaired) electrons. The van der Waals surface area contributed by atoms with Crippen molar-refractivity contribution in [2.45, 2.75) is 38.0 Å². The van der Waals surface area contributed by atoms with Gasteiger partial charge in [-0.1, -0.05) is 24.2 Å². The van der Waals surface area contributed by atoms with E-state index in [2.05, 4.69) is 25.5 Å². The van der Waals surface area contributed by atoms with Gasteiger partial charge in [-0.25, -0.2) is 9.97 Å². The topological polar surface area (TPSA) is 80.7 Å². The zero-order valence-corrected chi connectivity index (χ0v) is 11.8. The molecule has 0 aliphatic heterocycles. The number of rotatable bonds is 4. The van der Waals surface area contributed by atoms with E-state index in [0.717, 1.165) is 10.6 Å². The molecule has 1 saturated carbocycles. The number of nitrogens with zero attached hydrogens (tertiary/aromatic N) is 4. The molecular formula is C13H15N5OS. The molecule has 1 aliphatic rings. The van der Waals surface area contributed by atoms with Crippen LogP contribution in [0.4, 0.5) is 5.13 Å². The van der Waals surface area contributed by atoms with Crippen LogP contribution in [-0.2, 0) is 11.2 Å². The van der Waals surface area contributed by atoms with E-state index in [-0.39, 0.29) is 12.3 Å². The van der Waals surface area contributed by atoms with Crippen LogP contribution < -0.4 is 5.32 Å². The van der Waals surface area contributed by atoms with E-state index in [0.29, 0.717) is 11.0 Å². The van der Waals surface area contributed by atoms with Gasteiger partial charge in [-0.2, -0.15) is 0 Å². The van der Waals surface area contributed by atoms with Crippen molar-refractivity contribution in [3.05, 3.63) is 29.3 Å². The van der Waals surface area contributed by atoms with Crippen LogP contribution in [0.1, 0.15) is 42.2 Å². The number of hydrogen-bond acceptors (Lipinski definition) is 6. The van der Waals surface area contributed by atoms with Gasteiger partial charge in [0.05, 0.1) is 6.42 Å². The standard InChI is InChI=1S/C13H15N5OS/c19-11(5-9-6-14-8-15-7-9)16-13-18-17-12(20-13)10-3-1-2-4-10/h6-8,10H,1-5H2,(H,16,18,19). The van der Waals surface area contributed by atoms with Crippen molar-refractivity contribution >= 4 is 22.4 Å². The summed E-state index contributed by atoms with van der Waals surface area (Å²) in [5.74, 6) is 0.412. The van der Waals surface area contributed by atoms with Crippen LogP contribution in [0.3, 0.4) is 0 Å². The minimum Gasteiger partial charge on any atom is -0.300 e. The van der Waals surface area contributed by atoms with Gasteiger partial charge in [0.25, 0.3) is 0 Å². The normalized spacial score (nSPS) is 15.4. The Morgan fingerprint density at radius 1 is 1.25 bits per heavy atom. The molecule has 3 rings (SSSR count). The minimum absolute atomic E-state index is 0.117. The second-order valence-electron chi connectivity index (χ2n) is 4.90. The Kier molecular flexibility index (Phi) is 3.96. The third-order valence-electron chi connectivity index (χ3n) is 3.37. The fourth-order valence-corrected chi connectivity index (χ4v) is 3.32. The van der Waals surface area contributed by atoms with Crippen LogP contribution in [0.2, 0.25) is 0 Å². The maximum atomic E-state index is 11.9. The van der Waals surface area contributed by atoms with E-state index in [1.807, 2.05) is 0 Å². The lowest BCUT2D eigenvalue weighted by Crippen LogP contribution is -2.14. The van der Waals surface area contributed by atoms with Crippen molar-refractivity contribution in [3.8, 4) is 0 Å². The van der Waals surface area contributed by atoms with Crippen LogP contribution in [0.15, 0.2) is 18.7 Å². The molecule has 0 saturated heterocycles. The van der Waals surface area contributed by atoms with Crippen LogP contribution in [0, 0.1) is 0 Å². The van der Waals surface area contributed by atoms with Gasteiger partial charge in [0.1, 0.15) is 11.3 Å². The number of carbonyl (C=O) groups is 1. The highest BCUT2D eigenvalue weighted by Gasteiger charge is 2.21. The van der Waals surface area contributed by atoms with E-state index in [9.17, 15) is 4.79 Å². The zero-order chi connectivity index (χ0) is 13.8. The molecule has 2 aromatic heterocycles. The molecule has 1 aliphatic carbocycles. The summed E-state index contributed by atoms with van der Waals surface area (Å²) in [6.45, 7) is 0. The smallest absolute Gasteiger partial charge is 0.230 e. The molecule has 0 unspecified atom stereocenters. The summed E-state index contributed by atoms with van der Waals surface area (Å²) in [6.07, 6.45) is 9.86. The fraction of sp³-hybridized carbons (Fsp3) is 0.462. The van der Waals surface area contributed by atoms with E-state index >= 15 is 0 Å².